The van der Waals surface area contributed by atoms with Gasteiger partial charge in [-0.15, -0.1) is 0 Å². The first-order valence-corrected chi connectivity index (χ1v) is 5.05. The third kappa shape index (κ3) is 3.29. The van der Waals surface area contributed by atoms with Crippen LogP contribution in [0.5, 0.6) is 0 Å². The number of nitrogens with zero attached hydrogens (tertiary/aromatic N) is 2. The molecular weight excluding hydrogens is 172 g/mol. The molecule has 0 saturated heterocycles. The molecule has 0 atom stereocenters. The first kappa shape index (κ1) is 10.9. The first-order chi connectivity index (χ1) is 6.65. The van der Waals surface area contributed by atoms with Crippen LogP contribution in [0.2, 0.25) is 0 Å². The fourth-order valence-electron chi connectivity index (χ4n) is 1.27. The fourth-order valence-corrected chi connectivity index (χ4v) is 1.27. The highest BCUT2D eigenvalue weighted by atomic mass is 15.1. The van der Waals surface area contributed by atoms with Crippen molar-refractivity contribution in [1.82, 2.24) is 9.80 Å². The van der Waals surface area contributed by atoms with Crippen LogP contribution in [-0.4, -0.2) is 37.0 Å². The van der Waals surface area contributed by atoms with Gasteiger partial charge in [0.05, 0.1) is 0 Å². The SMILES string of the molecule is C=C/C=C(\C=C/N(C)C1CC1)N(C)C. The molecule has 0 radical (unpaired) electrons. The zero-order valence-electron chi connectivity index (χ0n) is 9.40. The van der Waals surface area contributed by atoms with Crippen molar-refractivity contribution < 1.29 is 0 Å². The van der Waals surface area contributed by atoms with Crippen LogP contribution in [0.15, 0.2) is 36.7 Å². The molecular formula is C12H20N2. The van der Waals surface area contributed by atoms with Gasteiger partial charge >= 0.3 is 0 Å². The molecule has 0 aromatic heterocycles. The predicted octanol–water partition coefficient (Wildman–Crippen LogP) is 2.23. The summed E-state index contributed by atoms with van der Waals surface area (Å²) in [6, 6.07) is 0.776. The molecule has 0 spiro atoms. The van der Waals surface area contributed by atoms with Gasteiger partial charge in [-0.3, -0.25) is 0 Å². The second-order valence-corrected chi connectivity index (χ2v) is 3.93. The lowest BCUT2D eigenvalue weighted by Crippen LogP contribution is -2.14. The van der Waals surface area contributed by atoms with Crippen molar-refractivity contribution in [2.45, 2.75) is 18.9 Å². The summed E-state index contributed by atoms with van der Waals surface area (Å²) < 4.78 is 0. The van der Waals surface area contributed by atoms with Crippen molar-refractivity contribution in [1.29, 1.82) is 0 Å². The molecule has 1 fully saturated rings. The summed E-state index contributed by atoms with van der Waals surface area (Å²) in [6.45, 7) is 3.71. The van der Waals surface area contributed by atoms with Crippen molar-refractivity contribution >= 4 is 0 Å². The molecule has 1 saturated carbocycles. The van der Waals surface area contributed by atoms with E-state index in [-0.39, 0.29) is 0 Å². The highest BCUT2D eigenvalue weighted by molar-refractivity contribution is 5.21. The first-order valence-electron chi connectivity index (χ1n) is 5.05. The second kappa shape index (κ2) is 4.89. The highest BCUT2D eigenvalue weighted by Gasteiger charge is 2.23. The van der Waals surface area contributed by atoms with Crippen molar-refractivity contribution in [2.24, 2.45) is 0 Å². The third-order valence-electron chi connectivity index (χ3n) is 2.41. The second-order valence-electron chi connectivity index (χ2n) is 3.93. The summed E-state index contributed by atoms with van der Waals surface area (Å²) in [5, 5.41) is 0. The third-order valence-corrected chi connectivity index (χ3v) is 2.41. The number of allylic oxidation sites excluding steroid dienone is 3. The van der Waals surface area contributed by atoms with Gasteiger partial charge in [0.25, 0.3) is 0 Å². The number of rotatable bonds is 5. The summed E-state index contributed by atoms with van der Waals surface area (Å²) in [5.74, 6) is 0. The van der Waals surface area contributed by atoms with Gasteiger partial charge in [0.1, 0.15) is 0 Å². The zero-order valence-corrected chi connectivity index (χ0v) is 9.40. The smallest absolute Gasteiger partial charge is 0.0375 e. The molecule has 0 amide bonds. The Morgan fingerprint density at radius 2 is 1.93 bits per heavy atom. The van der Waals surface area contributed by atoms with Gasteiger partial charge < -0.3 is 9.80 Å². The molecule has 0 aromatic carbocycles. The minimum atomic E-state index is 0.776. The molecule has 1 aliphatic rings. The summed E-state index contributed by atoms with van der Waals surface area (Å²) in [4.78, 5) is 4.36. The van der Waals surface area contributed by atoms with E-state index in [2.05, 4.69) is 35.7 Å². The largest absolute Gasteiger partial charge is 0.378 e. The maximum Gasteiger partial charge on any atom is 0.0375 e. The minimum absolute atomic E-state index is 0.776. The highest BCUT2D eigenvalue weighted by Crippen LogP contribution is 2.25. The summed E-state index contributed by atoms with van der Waals surface area (Å²) in [7, 11) is 6.21. The number of hydrogen-bond acceptors (Lipinski definition) is 2. The van der Waals surface area contributed by atoms with Gasteiger partial charge in [-0.2, -0.15) is 0 Å². The summed E-state index contributed by atoms with van der Waals surface area (Å²) in [5.41, 5.74) is 1.17. The van der Waals surface area contributed by atoms with Crippen molar-refractivity contribution in [3.8, 4) is 0 Å². The Kier molecular flexibility index (Phi) is 3.81. The van der Waals surface area contributed by atoms with E-state index in [1.54, 1.807) is 0 Å². The quantitative estimate of drug-likeness (QED) is 0.616. The molecule has 1 aliphatic carbocycles. The van der Waals surface area contributed by atoms with Crippen molar-refractivity contribution in [3.05, 3.63) is 36.7 Å². The van der Waals surface area contributed by atoms with Crippen LogP contribution in [0.4, 0.5) is 0 Å². The van der Waals surface area contributed by atoms with Crippen LogP contribution < -0.4 is 0 Å². The van der Waals surface area contributed by atoms with Crippen LogP contribution >= 0.6 is 0 Å². The standard InChI is InChI=1S/C12H20N2/c1-5-6-11(13(2)3)9-10-14(4)12-7-8-12/h5-6,9-10,12H,1,7-8H2,2-4H3/b10-9-,11-6+. The normalized spacial score (nSPS) is 17.2. The molecule has 2 heteroatoms. The van der Waals surface area contributed by atoms with Gasteiger partial charge in [0.2, 0.25) is 0 Å². The lowest BCUT2D eigenvalue weighted by Gasteiger charge is -2.16. The summed E-state index contributed by atoms with van der Waals surface area (Å²) >= 11 is 0. The van der Waals surface area contributed by atoms with Crippen LogP contribution in [0.3, 0.4) is 0 Å². The molecule has 0 N–H and O–H groups in total. The van der Waals surface area contributed by atoms with E-state index in [4.69, 9.17) is 0 Å². The predicted molar refractivity (Wildman–Crippen MR) is 61.9 cm³/mol. The van der Waals surface area contributed by atoms with E-state index in [0.717, 1.165) is 6.04 Å². The van der Waals surface area contributed by atoms with Crippen LogP contribution in [-0.2, 0) is 0 Å². The molecule has 0 bridgehead atoms. The minimum Gasteiger partial charge on any atom is -0.378 e. The molecule has 0 unspecified atom stereocenters. The number of likely N-dealkylation sites (N-methyl/N-ethyl adjacent to an activating group) is 1. The van der Waals surface area contributed by atoms with E-state index in [1.807, 2.05) is 26.2 Å². The number of hydrogen-bond donors (Lipinski definition) is 0. The van der Waals surface area contributed by atoms with Crippen molar-refractivity contribution in [3.63, 3.8) is 0 Å². The molecule has 14 heavy (non-hydrogen) atoms. The monoisotopic (exact) mass is 192 g/mol. The summed E-state index contributed by atoms with van der Waals surface area (Å²) in [6.07, 6.45) is 10.8. The van der Waals surface area contributed by atoms with Gasteiger partial charge in [0, 0.05) is 39.1 Å². The van der Waals surface area contributed by atoms with Crippen LogP contribution in [0, 0.1) is 0 Å². The van der Waals surface area contributed by atoms with Gasteiger partial charge in [-0.1, -0.05) is 12.7 Å². The van der Waals surface area contributed by atoms with Gasteiger partial charge in [-0.25, -0.2) is 0 Å². The van der Waals surface area contributed by atoms with E-state index >= 15 is 0 Å². The lowest BCUT2D eigenvalue weighted by molar-refractivity contribution is 0.443. The molecule has 0 aliphatic heterocycles. The lowest BCUT2D eigenvalue weighted by atomic mass is 10.3. The van der Waals surface area contributed by atoms with Crippen LogP contribution in [0.25, 0.3) is 0 Å². The molecule has 0 heterocycles. The Bertz CT molecular complexity index is 247. The van der Waals surface area contributed by atoms with E-state index in [1.165, 1.54) is 18.5 Å². The Labute approximate surface area is 87.2 Å². The van der Waals surface area contributed by atoms with Gasteiger partial charge in [-0.05, 0) is 25.0 Å². The maximum atomic E-state index is 3.71. The maximum absolute atomic E-state index is 3.71. The Hall–Kier alpha value is -1.18. The molecule has 2 nitrogen and oxygen atoms in total. The zero-order chi connectivity index (χ0) is 10.6. The molecule has 0 aromatic rings. The van der Waals surface area contributed by atoms with E-state index < -0.39 is 0 Å². The van der Waals surface area contributed by atoms with E-state index in [0.29, 0.717) is 0 Å². The fraction of sp³-hybridized carbons (Fsp3) is 0.500. The average molecular weight is 192 g/mol. The van der Waals surface area contributed by atoms with Crippen LogP contribution in [0.1, 0.15) is 12.8 Å². The Morgan fingerprint density at radius 1 is 1.29 bits per heavy atom. The Balaban J connectivity index is 2.53. The Morgan fingerprint density at radius 3 is 2.36 bits per heavy atom. The average Bonchev–Trinajstić information content (AvgIpc) is 2.94. The van der Waals surface area contributed by atoms with E-state index in [9.17, 15) is 0 Å². The topological polar surface area (TPSA) is 6.48 Å². The molecule has 1 rings (SSSR count). The molecule has 78 valence electrons. The van der Waals surface area contributed by atoms with Crippen molar-refractivity contribution in [2.75, 3.05) is 21.1 Å². The van der Waals surface area contributed by atoms with Gasteiger partial charge in [0.15, 0.2) is 0 Å².